The topological polar surface area (TPSA) is 27.1 Å². The van der Waals surface area contributed by atoms with Crippen LogP contribution in [-0.4, -0.2) is 30.7 Å². The molecule has 3 rings (SSSR count). The normalized spacial score (nSPS) is 12.0. The Balaban J connectivity index is 1.77. The fraction of sp³-hybridized carbons (Fsp3) is 0.350. The minimum absolute atomic E-state index is 0.517. The van der Waals surface area contributed by atoms with Crippen molar-refractivity contribution in [2.75, 3.05) is 12.9 Å². The zero-order chi connectivity index (χ0) is 17.9. The van der Waals surface area contributed by atoms with Crippen LogP contribution < -0.4 is 0 Å². The molecule has 132 valence electrons. The minimum atomic E-state index is -1.05. The van der Waals surface area contributed by atoms with Crippen LogP contribution in [0.1, 0.15) is 0 Å². The van der Waals surface area contributed by atoms with Gasteiger partial charge in [-0.15, -0.1) is 11.8 Å². The molecule has 1 heterocycles. The Bertz CT molecular complexity index is 837. The third-order valence-corrected chi connectivity index (χ3v) is 6.73. The first-order valence-corrected chi connectivity index (χ1v) is 13.6. The zero-order valence-corrected chi connectivity index (χ0v) is 17.3. The number of rotatable bonds is 7. The number of nitrogens with zero attached hydrogens (tertiary/aromatic N) is 2. The van der Waals surface area contributed by atoms with Gasteiger partial charge in [-0.2, -0.15) is 5.10 Å². The largest absolute Gasteiger partial charge is 0.360 e. The Labute approximate surface area is 155 Å². The van der Waals surface area contributed by atoms with E-state index >= 15 is 0 Å². The summed E-state index contributed by atoms with van der Waals surface area (Å²) in [6.45, 7) is 8.44. The van der Waals surface area contributed by atoms with E-state index in [9.17, 15) is 0 Å². The van der Waals surface area contributed by atoms with Crippen LogP contribution in [0.15, 0.2) is 53.6 Å². The molecule has 2 aromatic carbocycles. The first-order chi connectivity index (χ1) is 12.0. The molecular formula is C20H26N2OSSi. The third-order valence-electron chi connectivity index (χ3n) is 4.28. The molecule has 3 nitrogen and oxygen atoms in total. The molecule has 25 heavy (non-hydrogen) atoms. The molecule has 0 fully saturated rings. The van der Waals surface area contributed by atoms with Gasteiger partial charge in [0.15, 0.2) is 0 Å². The van der Waals surface area contributed by atoms with E-state index in [2.05, 4.69) is 73.5 Å². The van der Waals surface area contributed by atoms with Gasteiger partial charge in [0.25, 0.3) is 0 Å². The van der Waals surface area contributed by atoms with Crippen molar-refractivity contribution >= 4 is 30.7 Å². The third kappa shape index (κ3) is 4.75. The van der Waals surface area contributed by atoms with E-state index in [-0.39, 0.29) is 0 Å². The van der Waals surface area contributed by atoms with Gasteiger partial charge in [0.1, 0.15) is 6.73 Å². The highest BCUT2D eigenvalue weighted by Crippen LogP contribution is 2.26. The number of ether oxygens (including phenoxy) is 1. The highest BCUT2D eigenvalue weighted by Gasteiger charge is 2.12. The van der Waals surface area contributed by atoms with Crippen molar-refractivity contribution in [3.8, 4) is 11.1 Å². The maximum atomic E-state index is 5.87. The smallest absolute Gasteiger partial charge is 0.139 e. The highest BCUT2D eigenvalue weighted by atomic mass is 32.2. The van der Waals surface area contributed by atoms with Gasteiger partial charge in [0.2, 0.25) is 0 Å². The Kier molecular flexibility index (Phi) is 5.66. The summed E-state index contributed by atoms with van der Waals surface area (Å²) >= 11 is 1.76. The quantitative estimate of drug-likeness (QED) is 0.301. The van der Waals surface area contributed by atoms with Crippen LogP contribution in [0.4, 0.5) is 0 Å². The van der Waals surface area contributed by atoms with Crippen molar-refractivity contribution in [2.24, 2.45) is 0 Å². The van der Waals surface area contributed by atoms with Gasteiger partial charge in [-0.25, -0.2) is 4.68 Å². The van der Waals surface area contributed by atoms with Crippen LogP contribution in [0, 0.1) is 0 Å². The maximum absolute atomic E-state index is 5.87. The molecule has 0 unspecified atom stereocenters. The lowest BCUT2D eigenvalue weighted by molar-refractivity contribution is 0.0817. The lowest BCUT2D eigenvalue weighted by Gasteiger charge is -2.15. The molecular weight excluding hydrogens is 344 g/mol. The van der Waals surface area contributed by atoms with Crippen LogP contribution in [0.2, 0.25) is 25.7 Å². The van der Waals surface area contributed by atoms with E-state index in [1.165, 1.54) is 22.1 Å². The molecule has 0 aliphatic rings. The number of fused-ring (bicyclic) bond motifs is 1. The summed E-state index contributed by atoms with van der Waals surface area (Å²) in [5, 5.41) is 5.64. The number of hydrogen-bond donors (Lipinski definition) is 0. The Morgan fingerprint density at radius 1 is 1.04 bits per heavy atom. The molecule has 3 aromatic rings. The summed E-state index contributed by atoms with van der Waals surface area (Å²) in [5.41, 5.74) is 3.57. The Hall–Kier alpha value is -1.56. The van der Waals surface area contributed by atoms with Crippen molar-refractivity contribution < 1.29 is 4.74 Å². The molecule has 0 bridgehead atoms. The van der Waals surface area contributed by atoms with Crippen LogP contribution in [0.25, 0.3) is 22.0 Å². The second kappa shape index (κ2) is 7.77. The summed E-state index contributed by atoms with van der Waals surface area (Å²) < 4.78 is 7.83. The lowest BCUT2D eigenvalue weighted by Crippen LogP contribution is -2.22. The van der Waals surface area contributed by atoms with Gasteiger partial charge in [-0.1, -0.05) is 43.9 Å². The molecule has 0 saturated heterocycles. The first kappa shape index (κ1) is 18.2. The molecule has 0 aliphatic carbocycles. The number of aromatic nitrogens is 2. The van der Waals surface area contributed by atoms with Gasteiger partial charge in [-0.3, -0.25) is 0 Å². The standard InChI is InChI=1S/C20H26N2OSSi/c1-24-19-9-7-16(8-10-19)17-5-6-18-14-21-22(20(18)13-17)15-23-11-12-25(2,3)4/h5-10,13-14H,11-12,15H2,1-4H3. The van der Waals surface area contributed by atoms with E-state index < -0.39 is 8.07 Å². The summed E-state index contributed by atoms with van der Waals surface area (Å²) in [6, 6.07) is 16.4. The molecule has 0 N–H and O–H groups in total. The molecule has 0 aliphatic heterocycles. The maximum Gasteiger partial charge on any atom is 0.139 e. The second-order valence-electron chi connectivity index (χ2n) is 7.49. The fourth-order valence-corrected chi connectivity index (χ4v) is 3.83. The summed E-state index contributed by atoms with van der Waals surface area (Å²) in [5.74, 6) is 0. The molecule has 0 saturated carbocycles. The van der Waals surface area contributed by atoms with E-state index in [1.807, 2.05) is 10.9 Å². The van der Waals surface area contributed by atoms with Gasteiger partial charge in [0, 0.05) is 25.0 Å². The average molecular weight is 371 g/mol. The number of hydrogen-bond acceptors (Lipinski definition) is 3. The SMILES string of the molecule is CSc1ccc(-c2ccc3cnn(COCC[Si](C)(C)C)c3c2)cc1. The molecule has 0 amide bonds. The predicted molar refractivity (Wildman–Crippen MR) is 111 cm³/mol. The van der Waals surface area contributed by atoms with Gasteiger partial charge >= 0.3 is 0 Å². The van der Waals surface area contributed by atoms with E-state index in [0.29, 0.717) is 6.73 Å². The van der Waals surface area contributed by atoms with Gasteiger partial charge in [0.05, 0.1) is 11.7 Å². The summed E-state index contributed by atoms with van der Waals surface area (Å²) in [6.07, 6.45) is 4.01. The van der Waals surface area contributed by atoms with Crippen molar-refractivity contribution in [1.82, 2.24) is 9.78 Å². The van der Waals surface area contributed by atoms with E-state index in [0.717, 1.165) is 17.5 Å². The summed E-state index contributed by atoms with van der Waals surface area (Å²) in [4.78, 5) is 1.28. The van der Waals surface area contributed by atoms with E-state index in [4.69, 9.17) is 4.74 Å². The predicted octanol–water partition coefficient (Wildman–Crippen LogP) is 5.74. The highest BCUT2D eigenvalue weighted by molar-refractivity contribution is 7.98. The van der Waals surface area contributed by atoms with Crippen molar-refractivity contribution in [2.45, 2.75) is 37.3 Å². The Morgan fingerprint density at radius 2 is 1.76 bits per heavy atom. The first-order valence-electron chi connectivity index (χ1n) is 8.64. The van der Waals surface area contributed by atoms with Crippen LogP contribution >= 0.6 is 11.8 Å². The van der Waals surface area contributed by atoms with Gasteiger partial charge < -0.3 is 4.74 Å². The molecule has 1 aromatic heterocycles. The number of thioether (sulfide) groups is 1. The van der Waals surface area contributed by atoms with Crippen molar-refractivity contribution in [3.05, 3.63) is 48.7 Å². The van der Waals surface area contributed by atoms with Gasteiger partial charge in [-0.05, 0) is 41.6 Å². The monoisotopic (exact) mass is 370 g/mol. The zero-order valence-electron chi connectivity index (χ0n) is 15.5. The fourth-order valence-electron chi connectivity index (χ4n) is 2.67. The average Bonchev–Trinajstić information content (AvgIpc) is 3.00. The molecule has 0 spiro atoms. The van der Waals surface area contributed by atoms with Crippen LogP contribution in [0.5, 0.6) is 0 Å². The van der Waals surface area contributed by atoms with Crippen molar-refractivity contribution in [3.63, 3.8) is 0 Å². The van der Waals surface area contributed by atoms with E-state index in [1.54, 1.807) is 11.8 Å². The lowest BCUT2D eigenvalue weighted by atomic mass is 10.0. The van der Waals surface area contributed by atoms with Crippen molar-refractivity contribution in [1.29, 1.82) is 0 Å². The Morgan fingerprint density at radius 3 is 2.44 bits per heavy atom. The van der Waals surface area contributed by atoms with Crippen LogP contribution in [0.3, 0.4) is 0 Å². The number of benzene rings is 2. The summed E-state index contributed by atoms with van der Waals surface area (Å²) in [7, 11) is -1.05. The molecule has 5 heteroatoms. The minimum Gasteiger partial charge on any atom is -0.360 e. The molecule has 0 atom stereocenters. The second-order valence-corrected chi connectivity index (χ2v) is 14.0. The van der Waals surface area contributed by atoms with Crippen LogP contribution in [-0.2, 0) is 11.5 Å². The molecule has 0 radical (unpaired) electrons.